The van der Waals surface area contributed by atoms with Gasteiger partial charge in [0.1, 0.15) is 11.5 Å². The molecule has 144 valence electrons. The summed E-state index contributed by atoms with van der Waals surface area (Å²) in [5.74, 6) is 0.289. The molecule has 1 saturated heterocycles. The fraction of sp³-hybridized carbons (Fsp3) is 0.238. The molecular formula is C21H20N2O5. The first-order valence-electron chi connectivity index (χ1n) is 8.80. The van der Waals surface area contributed by atoms with Crippen molar-refractivity contribution in [3.05, 3.63) is 58.7 Å². The summed E-state index contributed by atoms with van der Waals surface area (Å²) in [4.78, 5) is 32.7. The van der Waals surface area contributed by atoms with Crippen LogP contribution < -0.4 is 19.9 Å². The van der Waals surface area contributed by atoms with Crippen LogP contribution in [-0.4, -0.2) is 32.1 Å². The molecule has 0 bridgehead atoms. The van der Waals surface area contributed by atoms with E-state index in [0.29, 0.717) is 28.4 Å². The van der Waals surface area contributed by atoms with Crippen molar-refractivity contribution in [2.75, 3.05) is 19.1 Å². The normalized spacial score (nSPS) is 18.4. The van der Waals surface area contributed by atoms with Gasteiger partial charge in [-0.1, -0.05) is 6.07 Å². The number of nitrogens with zero attached hydrogens (tertiary/aromatic N) is 1. The first kappa shape index (κ1) is 18.1. The van der Waals surface area contributed by atoms with E-state index in [1.165, 1.54) is 12.0 Å². The molecule has 2 amide bonds. The number of imide groups is 1. The van der Waals surface area contributed by atoms with Gasteiger partial charge in [-0.25, -0.2) is 4.90 Å². The van der Waals surface area contributed by atoms with Crippen LogP contribution in [0.2, 0.25) is 0 Å². The van der Waals surface area contributed by atoms with E-state index in [-0.39, 0.29) is 5.57 Å². The number of carbonyl (C=O) groups is 2. The smallest absolute Gasteiger partial charge is 0.270 e. The van der Waals surface area contributed by atoms with Crippen LogP contribution in [0.4, 0.5) is 5.69 Å². The second-order valence-electron chi connectivity index (χ2n) is 6.70. The molecule has 2 aliphatic heterocycles. The van der Waals surface area contributed by atoms with Crippen molar-refractivity contribution in [1.82, 2.24) is 5.48 Å². The number of hydrogen-bond acceptors (Lipinski definition) is 6. The van der Waals surface area contributed by atoms with Gasteiger partial charge in [-0.15, -0.1) is 0 Å². The Balaban J connectivity index is 1.83. The molecule has 0 saturated carbocycles. The Morgan fingerprint density at radius 3 is 2.46 bits per heavy atom. The van der Waals surface area contributed by atoms with E-state index in [0.717, 1.165) is 11.1 Å². The number of methoxy groups -OCH3 is 2. The molecule has 1 atom stereocenters. The number of anilines is 1. The van der Waals surface area contributed by atoms with Crippen LogP contribution in [0.1, 0.15) is 16.7 Å². The maximum absolute atomic E-state index is 13.2. The molecular weight excluding hydrogens is 360 g/mol. The Morgan fingerprint density at radius 2 is 1.79 bits per heavy atom. The van der Waals surface area contributed by atoms with E-state index >= 15 is 0 Å². The maximum Gasteiger partial charge on any atom is 0.270 e. The highest BCUT2D eigenvalue weighted by molar-refractivity contribution is 6.33. The number of ether oxygens (including phenoxy) is 2. The molecule has 0 aromatic heterocycles. The van der Waals surface area contributed by atoms with E-state index < -0.39 is 17.9 Å². The van der Waals surface area contributed by atoms with E-state index in [4.69, 9.17) is 14.3 Å². The Morgan fingerprint density at radius 1 is 1.00 bits per heavy atom. The summed E-state index contributed by atoms with van der Waals surface area (Å²) in [5, 5.41) is 0. The van der Waals surface area contributed by atoms with Gasteiger partial charge in [-0.2, -0.15) is 0 Å². The SMILES string of the molecule is COc1ccc(OC)c(C2=C3C(=O)N(c4ccc(C)c(C)c4)C(=O)[C@H]3ON2)c1. The lowest BCUT2D eigenvalue weighted by Crippen LogP contribution is -2.34. The van der Waals surface area contributed by atoms with Crippen LogP contribution in [0, 0.1) is 13.8 Å². The molecule has 2 aromatic rings. The lowest BCUT2D eigenvalue weighted by molar-refractivity contribution is -0.127. The van der Waals surface area contributed by atoms with Crippen LogP contribution >= 0.6 is 0 Å². The Bertz CT molecular complexity index is 1030. The number of nitrogens with one attached hydrogen (secondary N) is 1. The zero-order valence-corrected chi connectivity index (χ0v) is 16.0. The third-order valence-electron chi connectivity index (χ3n) is 5.11. The average molecular weight is 380 g/mol. The third kappa shape index (κ3) is 2.63. The van der Waals surface area contributed by atoms with E-state index in [9.17, 15) is 9.59 Å². The van der Waals surface area contributed by atoms with Crippen molar-refractivity contribution in [3.8, 4) is 11.5 Å². The van der Waals surface area contributed by atoms with Crippen molar-refractivity contribution in [1.29, 1.82) is 0 Å². The molecule has 7 heteroatoms. The maximum atomic E-state index is 13.2. The highest BCUT2D eigenvalue weighted by Crippen LogP contribution is 2.39. The van der Waals surface area contributed by atoms with E-state index in [2.05, 4.69) is 5.48 Å². The van der Waals surface area contributed by atoms with Crippen LogP contribution in [-0.2, 0) is 14.4 Å². The molecule has 0 spiro atoms. The fourth-order valence-corrected chi connectivity index (χ4v) is 3.41. The first-order valence-corrected chi connectivity index (χ1v) is 8.80. The number of carbonyl (C=O) groups excluding carboxylic acids is 2. The first-order chi connectivity index (χ1) is 13.5. The minimum absolute atomic E-state index is 0.259. The number of hydroxylamine groups is 1. The van der Waals surface area contributed by atoms with Gasteiger partial charge in [0.15, 0.2) is 6.10 Å². The van der Waals surface area contributed by atoms with Gasteiger partial charge in [0, 0.05) is 5.56 Å². The molecule has 7 nitrogen and oxygen atoms in total. The fourth-order valence-electron chi connectivity index (χ4n) is 3.41. The number of amides is 2. The van der Waals surface area contributed by atoms with Gasteiger partial charge in [0.25, 0.3) is 11.8 Å². The Kier molecular flexibility index (Phi) is 4.31. The molecule has 28 heavy (non-hydrogen) atoms. The second kappa shape index (κ2) is 6.69. The predicted molar refractivity (Wildman–Crippen MR) is 103 cm³/mol. The highest BCUT2D eigenvalue weighted by Gasteiger charge is 2.51. The summed E-state index contributed by atoms with van der Waals surface area (Å²) in [6.45, 7) is 3.92. The molecule has 2 heterocycles. The van der Waals surface area contributed by atoms with Gasteiger partial charge in [-0.05, 0) is 55.3 Å². The summed E-state index contributed by atoms with van der Waals surface area (Å²) in [6, 6.07) is 10.7. The summed E-state index contributed by atoms with van der Waals surface area (Å²) < 4.78 is 10.7. The minimum Gasteiger partial charge on any atom is -0.497 e. The summed E-state index contributed by atoms with van der Waals surface area (Å²) in [6.07, 6.45) is -1.000. The van der Waals surface area contributed by atoms with Crippen molar-refractivity contribution in [2.45, 2.75) is 20.0 Å². The number of hydrogen-bond donors (Lipinski definition) is 1. The van der Waals surface area contributed by atoms with Crippen molar-refractivity contribution < 1.29 is 23.9 Å². The molecule has 1 N–H and O–H groups in total. The Hall–Kier alpha value is -3.32. The monoisotopic (exact) mass is 380 g/mol. The van der Waals surface area contributed by atoms with Crippen LogP contribution in [0.5, 0.6) is 11.5 Å². The minimum atomic E-state index is -1.000. The van der Waals surface area contributed by atoms with Crippen molar-refractivity contribution in [3.63, 3.8) is 0 Å². The zero-order chi connectivity index (χ0) is 20.0. The molecule has 0 aliphatic carbocycles. The second-order valence-corrected chi connectivity index (χ2v) is 6.70. The standard InChI is InChI=1S/C21H20N2O5/c1-11-5-6-13(9-12(11)2)23-20(24)17-18(22-28-19(17)21(23)25)15-10-14(26-3)7-8-16(15)27-4/h5-10,19,22H,1-4H3/t19-/m0/s1. The predicted octanol–water partition coefficient (Wildman–Crippen LogP) is 2.51. The highest BCUT2D eigenvalue weighted by atomic mass is 16.7. The van der Waals surface area contributed by atoms with Crippen molar-refractivity contribution >= 4 is 23.2 Å². The quantitative estimate of drug-likeness (QED) is 0.822. The van der Waals surface area contributed by atoms with Crippen LogP contribution in [0.3, 0.4) is 0 Å². The topological polar surface area (TPSA) is 77.1 Å². The number of rotatable bonds is 4. The number of benzene rings is 2. The number of fused-ring (bicyclic) bond motifs is 1. The van der Waals surface area contributed by atoms with Gasteiger partial charge < -0.3 is 9.47 Å². The van der Waals surface area contributed by atoms with Gasteiger partial charge in [0.05, 0.1) is 31.2 Å². The van der Waals surface area contributed by atoms with Gasteiger partial charge >= 0.3 is 0 Å². The Labute approximate surface area is 162 Å². The van der Waals surface area contributed by atoms with E-state index in [1.54, 1.807) is 31.4 Å². The van der Waals surface area contributed by atoms with E-state index in [1.807, 2.05) is 26.0 Å². The summed E-state index contributed by atoms with van der Waals surface area (Å²) >= 11 is 0. The molecule has 2 aliphatic rings. The van der Waals surface area contributed by atoms with Crippen molar-refractivity contribution in [2.24, 2.45) is 0 Å². The molecule has 1 fully saturated rings. The molecule has 4 rings (SSSR count). The third-order valence-corrected chi connectivity index (χ3v) is 5.11. The number of aryl methyl sites for hydroxylation is 2. The van der Waals surface area contributed by atoms with Gasteiger partial charge in [-0.3, -0.25) is 19.9 Å². The molecule has 2 aromatic carbocycles. The lowest BCUT2D eigenvalue weighted by atomic mass is 10.0. The summed E-state index contributed by atoms with van der Waals surface area (Å²) in [7, 11) is 3.09. The lowest BCUT2D eigenvalue weighted by Gasteiger charge is -2.17. The largest absolute Gasteiger partial charge is 0.497 e. The summed E-state index contributed by atoms with van der Waals surface area (Å²) in [5.41, 5.74) is 6.59. The molecule has 0 unspecified atom stereocenters. The van der Waals surface area contributed by atoms with Crippen LogP contribution in [0.15, 0.2) is 42.0 Å². The average Bonchev–Trinajstić information content (AvgIpc) is 3.24. The molecule has 0 radical (unpaired) electrons. The van der Waals surface area contributed by atoms with Crippen LogP contribution in [0.25, 0.3) is 5.70 Å². The zero-order valence-electron chi connectivity index (χ0n) is 16.0. The van der Waals surface area contributed by atoms with Gasteiger partial charge in [0.2, 0.25) is 0 Å².